The molecule has 0 spiro atoms. The average Bonchev–Trinajstić information content (AvgIpc) is 2.97. The number of aromatic nitrogens is 2. The van der Waals surface area contributed by atoms with E-state index in [-0.39, 0.29) is 0 Å². The predicted molar refractivity (Wildman–Crippen MR) is 84.1 cm³/mol. The van der Waals surface area contributed by atoms with E-state index in [1.807, 2.05) is 23.7 Å². The minimum atomic E-state index is 0.850. The first kappa shape index (κ1) is 12.8. The lowest BCUT2D eigenvalue weighted by Crippen LogP contribution is -1.89. The number of fused-ring (bicyclic) bond motifs is 1. The van der Waals surface area contributed by atoms with Gasteiger partial charge in [-0.15, -0.1) is 22.7 Å². The Morgan fingerprint density at radius 2 is 1.74 bits per heavy atom. The van der Waals surface area contributed by atoms with Crippen molar-refractivity contribution in [3.05, 3.63) is 35.0 Å². The maximum atomic E-state index is 4.46. The van der Waals surface area contributed by atoms with Crippen LogP contribution in [-0.4, -0.2) is 9.97 Å². The smallest absolute Gasteiger partial charge is 0.169 e. The molecule has 0 saturated heterocycles. The van der Waals surface area contributed by atoms with Gasteiger partial charge in [-0.3, -0.25) is 0 Å². The van der Waals surface area contributed by atoms with E-state index in [4.69, 9.17) is 0 Å². The third kappa shape index (κ3) is 2.55. The molecule has 0 aliphatic rings. The van der Waals surface area contributed by atoms with Gasteiger partial charge < -0.3 is 0 Å². The minimum Gasteiger partial charge on any atom is -0.236 e. The van der Waals surface area contributed by atoms with Gasteiger partial charge in [-0.25, -0.2) is 9.97 Å². The lowest BCUT2D eigenvalue weighted by Gasteiger charge is -1.97. The predicted octanol–water partition coefficient (Wildman–Crippen LogP) is 4.93. The van der Waals surface area contributed by atoms with Crippen LogP contribution >= 0.6 is 22.7 Å². The first-order valence-electron chi connectivity index (χ1n) is 6.63. The third-order valence-corrected chi connectivity index (χ3v) is 5.44. The molecule has 0 saturated carbocycles. The highest BCUT2D eigenvalue weighted by atomic mass is 32.1. The number of nitrogens with zero attached hydrogens (tertiary/aromatic N) is 2. The molecule has 0 bridgehead atoms. The van der Waals surface area contributed by atoms with Crippen LogP contribution in [-0.2, 0) is 12.8 Å². The fourth-order valence-electron chi connectivity index (χ4n) is 2.03. The lowest BCUT2D eigenvalue weighted by molar-refractivity contribution is 0.941. The maximum Gasteiger partial charge on any atom is 0.169 e. The summed E-state index contributed by atoms with van der Waals surface area (Å²) in [6, 6.07) is 4.54. The molecule has 3 rings (SSSR count). The summed E-state index contributed by atoms with van der Waals surface area (Å²) in [5.41, 5.74) is 1.19. The molecule has 0 unspecified atom stereocenters. The van der Waals surface area contributed by atoms with Crippen LogP contribution in [0.4, 0.5) is 0 Å². The molecule has 2 nitrogen and oxygen atoms in total. The van der Waals surface area contributed by atoms with Crippen molar-refractivity contribution in [1.82, 2.24) is 9.97 Å². The topological polar surface area (TPSA) is 25.8 Å². The molecule has 0 aliphatic heterocycles. The van der Waals surface area contributed by atoms with Crippen molar-refractivity contribution < 1.29 is 0 Å². The molecule has 0 fully saturated rings. The summed E-state index contributed by atoms with van der Waals surface area (Å²) in [7, 11) is 0. The van der Waals surface area contributed by atoms with Crippen molar-refractivity contribution >= 4 is 32.1 Å². The Kier molecular flexibility index (Phi) is 3.62. The Bertz CT molecular complexity index is 648. The summed E-state index contributed by atoms with van der Waals surface area (Å²) in [6.07, 6.45) is 7.24. The first-order valence-corrected chi connectivity index (χ1v) is 8.27. The monoisotopic (exact) mass is 288 g/mol. The van der Waals surface area contributed by atoms with Gasteiger partial charge in [-0.2, -0.15) is 0 Å². The van der Waals surface area contributed by atoms with Crippen molar-refractivity contribution in [3.8, 4) is 10.7 Å². The summed E-state index contributed by atoms with van der Waals surface area (Å²) in [6.45, 7) is 4.34. The van der Waals surface area contributed by atoms with Crippen LogP contribution in [0.1, 0.15) is 30.7 Å². The quantitative estimate of drug-likeness (QED) is 0.680. The molecule has 0 aliphatic carbocycles. The van der Waals surface area contributed by atoms with Crippen LogP contribution in [0.3, 0.4) is 0 Å². The molecule has 3 aromatic heterocycles. The highest BCUT2D eigenvalue weighted by Crippen LogP contribution is 2.37. The molecular formula is C15H16N2S2. The third-order valence-electron chi connectivity index (χ3n) is 3.09. The van der Waals surface area contributed by atoms with E-state index in [9.17, 15) is 0 Å². The van der Waals surface area contributed by atoms with E-state index in [1.54, 1.807) is 11.3 Å². The SMILES string of the molecule is CCCc1cc2sc(-c3ncc(CC)cn3)cc2s1. The second-order valence-electron chi connectivity index (χ2n) is 4.57. The van der Waals surface area contributed by atoms with Crippen LogP contribution in [0.25, 0.3) is 20.1 Å². The van der Waals surface area contributed by atoms with Gasteiger partial charge in [0.1, 0.15) is 0 Å². The fraction of sp³-hybridized carbons (Fsp3) is 0.333. The van der Waals surface area contributed by atoms with E-state index in [0.29, 0.717) is 0 Å². The fourth-order valence-corrected chi connectivity index (χ4v) is 4.50. The van der Waals surface area contributed by atoms with Gasteiger partial charge in [0, 0.05) is 26.7 Å². The molecule has 0 amide bonds. The zero-order chi connectivity index (χ0) is 13.2. The molecule has 3 heterocycles. The van der Waals surface area contributed by atoms with Gasteiger partial charge in [0.25, 0.3) is 0 Å². The second-order valence-corrected chi connectivity index (χ2v) is 6.82. The van der Waals surface area contributed by atoms with Crippen LogP contribution < -0.4 is 0 Å². The van der Waals surface area contributed by atoms with E-state index in [1.165, 1.54) is 37.6 Å². The van der Waals surface area contributed by atoms with Crippen molar-refractivity contribution in [1.29, 1.82) is 0 Å². The summed E-state index contributed by atoms with van der Waals surface area (Å²) < 4.78 is 2.73. The van der Waals surface area contributed by atoms with Gasteiger partial charge in [0.05, 0.1) is 4.88 Å². The van der Waals surface area contributed by atoms with Crippen molar-refractivity contribution in [2.75, 3.05) is 0 Å². The van der Waals surface area contributed by atoms with Gasteiger partial charge in [-0.05, 0) is 30.5 Å². The Morgan fingerprint density at radius 3 is 2.37 bits per heavy atom. The van der Waals surface area contributed by atoms with Crippen molar-refractivity contribution in [2.24, 2.45) is 0 Å². The van der Waals surface area contributed by atoms with Gasteiger partial charge >= 0.3 is 0 Å². The standard InChI is InChI=1S/C15H16N2S2/c1-3-5-11-6-12-13(18-11)7-14(19-12)15-16-8-10(4-2)9-17-15/h6-9H,3-5H2,1-2H3. The Labute approximate surface area is 121 Å². The zero-order valence-electron chi connectivity index (χ0n) is 11.1. The van der Waals surface area contributed by atoms with E-state index < -0.39 is 0 Å². The number of hydrogen-bond donors (Lipinski definition) is 0. The normalized spacial score (nSPS) is 11.3. The minimum absolute atomic E-state index is 0.850. The summed E-state index contributed by atoms with van der Waals surface area (Å²) in [5.74, 6) is 0.850. The Morgan fingerprint density at radius 1 is 1.00 bits per heavy atom. The molecular weight excluding hydrogens is 272 g/mol. The molecule has 0 N–H and O–H groups in total. The van der Waals surface area contributed by atoms with Gasteiger partial charge in [0.2, 0.25) is 0 Å². The Hall–Kier alpha value is -1.26. The summed E-state index contributed by atoms with van der Waals surface area (Å²) in [4.78, 5) is 11.6. The van der Waals surface area contributed by atoms with Gasteiger partial charge in [0.15, 0.2) is 5.82 Å². The largest absolute Gasteiger partial charge is 0.236 e. The number of hydrogen-bond acceptors (Lipinski definition) is 4. The van der Waals surface area contributed by atoms with Crippen molar-refractivity contribution in [3.63, 3.8) is 0 Å². The molecule has 0 aromatic carbocycles. The molecule has 98 valence electrons. The van der Waals surface area contributed by atoms with Crippen LogP contribution in [0.15, 0.2) is 24.5 Å². The summed E-state index contributed by atoms with van der Waals surface area (Å²) >= 11 is 3.70. The van der Waals surface area contributed by atoms with Gasteiger partial charge in [-0.1, -0.05) is 20.3 Å². The summed E-state index contributed by atoms with van der Waals surface area (Å²) in [5, 5.41) is 0. The van der Waals surface area contributed by atoms with E-state index >= 15 is 0 Å². The molecule has 19 heavy (non-hydrogen) atoms. The molecule has 4 heteroatoms. The van der Waals surface area contributed by atoms with Crippen LogP contribution in [0, 0.1) is 0 Å². The van der Waals surface area contributed by atoms with E-state index in [0.717, 1.165) is 12.2 Å². The molecule has 0 atom stereocenters. The van der Waals surface area contributed by atoms with Crippen molar-refractivity contribution in [2.45, 2.75) is 33.1 Å². The van der Waals surface area contributed by atoms with E-state index in [2.05, 4.69) is 35.9 Å². The van der Waals surface area contributed by atoms with Crippen LogP contribution in [0.5, 0.6) is 0 Å². The highest BCUT2D eigenvalue weighted by molar-refractivity contribution is 7.29. The number of thiophene rings is 2. The first-order chi connectivity index (χ1) is 9.30. The maximum absolute atomic E-state index is 4.46. The highest BCUT2D eigenvalue weighted by Gasteiger charge is 2.09. The second kappa shape index (κ2) is 5.39. The average molecular weight is 288 g/mol. The lowest BCUT2D eigenvalue weighted by atomic mass is 10.3. The molecule has 0 radical (unpaired) electrons. The zero-order valence-corrected chi connectivity index (χ0v) is 12.8. The Balaban J connectivity index is 1.93. The number of rotatable bonds is 4. The van der Waals surface area contributed by atoms with Crippen LogP contribution in [0.2, 0.25) is 0 Å². The molecule has 3 aromatic rings. The number of aryl methyl sites for hydroxylation is 2.